The Balaban J connectivity index is 1.64. The maximum Gasteiger partial charge on any atom is 0.255 e. The lowest BCUT2D eigenvalue weighted by Gasteiger charge is -2.10. The van der Waals surface area contributed by atoms with Crippen LogP contribution in [0.1, 0.15) is 29.8 Å². The van der Waals surface area contributed by atoms with Crippen LogP contribution in [0.5, 0.6) is 0 Å². The van der Waals surface area contributed by atoms with Gasteiger partial charge in [0.05, 0.1) is 0 Å². The number of hydrogen-bond acceptors (Lipinski definition) is 2. The highest BCUT2D eigenvalue weighted by molar-refractivity contribution is 6.30. The minimum atomic E-state index is -0.151. The SMILES string of the molecule is CC(C)NCc1ccc(-c2ccc(NC(=O)c3ccc(Cl)cc3)cc2)cc1. The van der Waals surface area contributed by atoms with Gasteiger partial charge in [0.2, 0.25) is 0 Å². The largest absolute Gasteiger partial charge is 0.322 e. The maximum atomic E-state index is 12.3. The monoisotopic (exact) mass is 378 g/mol. The Kier molecular flexibility index (Phi) is 6.28. The molecule has 0 aliphatic carbocycles. The molecule has 0 aliphatic rings. The van der Waals surface area contributed by atoms with E-state index in [0.717, 1.165) is 23.4 Å². The summed E-state index contributed by atoms with van der Waals surface area (Å²) >= 11 is 5.86. The number of benzene rings is 3. The first-order valence-corrected chi connectivity index (χ1v) is 9.39. The number of carbonyl (C=O) groups excluding carboxylic acids is 1. The highest BCUT2D eigenvalue weighted by atomic mass is 35.5. The van der Waals surface area contributed by atoms with Gasteiger partial charge in [-0.05, 0) is 53.1 Å². The topological polar surface area (TPSA) is 41.1 Å². The van der Waals surface area contributed by atoms with Gasteiger partial charge in [0, 0.05) is 28.9 Å². The van der Waals surface area contributed by atoms with E-state index in [1.165, 1.54) is 5.56 Å². The van der Waals surface area contributed by atoms with Crippen molar-refractivity contribution in [1.29, 1.82) is 0 Å². The third kappa shape index (κ3) is 5.43. The molecule has 0 aromatic heterocycles. The predicted octanol–water partition coefficient (Wildman–Crippen LogP) is 5.76. The Hall–Kier alpha value is -2.62. The molecule has 0 spiro atoms. The second-order valence-corrected chi connectivity index (χ2v) is 7.21. The van der Waals surface area contributed by atoms with Crippen LogP contribution in [0, 0.1) is 0 Å². The number of rotatable bonds is 6. The van der Waals surface area contributed by atoms with Crippen LogP contribution in [0.4, 0.5) is 5.69 Å². The molecule has 0 saturated heterocycles. The average molecular weight is 379 g/mol. The normalized spacial score (nSPS) is 10.8. The van der Waals surface area contributed by atoms with E-state index in [0.29, 0.717) is 16.6 Å². The lowest BCUT2D eigenvalue weighted by Crippen LogP contribution is -2.21. The van der Waals surface area contributed by atoms with Gasteiger partial charge in [-0.3, -0.25) is 4.79 Å². The number of anilines is 1. The highest BCUT2D eigenvalue weighted by Gasteiger charge is 2.06. The molecule has 2 N–H and O–H groups in total. The Morgan fingerprint density at radius 3 is 1.96 bits per heavy atom. The van der Waals surface area contributed by atoms with Crippen molar-refractivity contribution in [2.45, 2.75) is 26.4 Å². The van der Waals surface area contributed by atoms with Gasteiger partial charge in [-0.1, -0.05) is 61.8 Å². The van der Waals surface area contributed by atoms with E-state index in [2.05, 4.69) is 48.7 Å². The van der Waals surface area contributed by atoms with Crippen LogP contribution in [0.3, 0.4) is 0 Å². The van der Waals surface area contributed by atoms with E-state index in [1.807, 2.05) is 24.3 Å². The molecule has 0 heterocycles. The minimum Gasteiger partial charge on any atom is -0.322 e. The smallest absolute Gasteiger partial charge is 0.255 e. The van der Waals surface area contributed by atoms with Crippen LogP contribution in [0.2, 0.25) is 5.02 Å². The van der Waals surface area contributed by atoms with Crippen LogP contribution < -0.4 is 10.6 Å². The molecular weight excluding hydrogens is 356 g/mol. The summed E-state index contributed by atoms with van der Waals surface area (Å²) in [5.41, 5.74) is 4.87. The summed E-state index contributed by atoms with van der Waals surface area (Å²) in [6, 6.07) is 23.7. The summed E-state index contributed by atoms with van der Waals surface area (Å²) in [7, 11) is 0. The minimum absolute atomic E-state index is 0.151. The fourth-order valence-corrected chi connectivity index (χ4v) is 2.81. The lowest BCUT2D eigenvalue weighted by atomic mass is 10.0. The van der Waals surface area contributed by atoms with E-state index in [4.69, 9.17) is 11.6 Å². The summed E-state index contributed by atoms with van der Waals surface area (Å²) in [5, 5.41) is 6.93. The average Bonchev–Trinajstić information content (AvgIpc) is 2.68. The summed E-state index contributed by atoms with van der Waals surface area (Å²) < 4.78 is 0. The van der Waals surface area contributed by atoms with Gasteiger partial charge in [0.25, 0.3) is 5.91 Å². The third-order valence-electron chi connectivity index (χ3n) is 4.25. The number of carbonyl (C=O) groups is 1. The van der Waals surface area contributed by atoms with Crippen molar-refractivity contribution in [3.05, 3.63) is 88.9 Å². The number of amides is 1. The van der Waals surface area contributed by atoms with Gasteiger partial charge in [0.1, 0.15) is 0 Å². The van der Waals surface area contributed by atoms with E-state index < -0.39 is 0 Å². The van der Waals surface area contributed by atoms with E-state index in [1.54, 1.807) is 24.3 Å². The fraction of sp³-hybridized carbons (Fsp3) is 0.174. The third-order valence-corrected chi connectivity index (χ3v) is 4.50. The van der Waals surface area contributed by atoms with E-state index in [-0.39, 0.29) is 5.91 Å². The molecule has 3 aromatic carbocycles. The number of hydrogen-bond donors (Lipinski definition) is 2. The molecule has 4 heteroatoms. The van der Waals surface area contributed by atoms with Crippen molar-refractivity contribution in [1.82, 2.24) is 5.32 Å². The summed E-state index contributed by atoms with van der Waals surface area (Å²) in [5.74, 6) is -0.151. The van der Waals surface area contributed by atoms with Crippen molar-refractivity contribution in [2.75, 3.05) is 5.32 Å². The summed E-state index contributed by atoms with van der Waals surface area (Å²) in [4.78, 5) is 12.3. The number of halogens is 1. The molecule has 0 unspecified atom stereocenters. The molecule has 1 amide bonds. The Bertz CT molecular complexity index is 885. The zero-order valence-electron chi connectivity index (χ0n) is 15.5. The first-order valence-electron chi connectivity index (χ1n) is 9.01. The van der Waals surface area contributed by atoms with Gasteiger partial charge in [-0.15, -0.1) is 0 Å². The molecule has 0 radical (unpaired) electrons. The first-order chi connectivity index (χ1) is 13.0. The van der Waals surface area contributed by atoms with Crippen molar-refractivity contribution >= 4 is 23.2 Å². The molecule has 3 nitrogen and oxygen atoms in total. The van der Waals surface area contributed by atoms with Crippen LogP contribution in [-0.4, -0.2) is 11.9 Å². The Morgan fingerprint density at radius 2 is 1.41 bits per heavy atom. The zero-order valence-corrected chi connectivity index (χ0v) is 16.3. The second-order valence-electron chi connectivity index (χ2n) is 6.77. The maximum absolute atomic E-state index is 12.3. The number of nitrogens with one attached hydrogen (secondary N) is 2. The van der Waals surface area contributed by atoms with Crippen molar-refractivity contribution in [2.24, 2.45) is 0 Å². The summed E-state index contributed by atoms with van der Waals surface area (Å²) in [6.07, 6.45) is 0. The van der Waals surface area contributed by atoms with Crippen molar-refractivity contribution in [3.63, 3.8) is 0 Å². The molecule has 3 rings (SSSR count). The molecular formula is C23H23ClN2O. The molecule has 0 aliphatic heterocycles. The standard InChI is InChI=1S/C23H23ClN2O/c1-16(2)25-15-17-3-5-18(6-4-17)19-9-13-22(14-10-19)26-23(27)20-7-11-21(24)12-8-20/h3-14,16,25H,15H2,1-2H3,(H,26,27). The molecule has 138 valence electrons. The lowest BCUT2D eigenvalue weighted by molar-refractivity contribution is 0.102. The highest BCUT2D eigenvalue weighted by Crippen LogP contribution is 2.22. The van der Waals surface area contributed by atoms with Crippen LogP contribution >= 0.6 is 11.6 Å². The predicted molar refractivity (Wildman–Crippen MR) is 113 cm³/mol. The van der Waals surface area contributed by atoms with Gasteiger partial charge in [0.15, 0.2) is 0 Å². The molecule has 0 bridgehead atoms. The molecule has 0 atom stereocenters. The fourth-order valence-electron chi connectivity index (χ4n) is 2.69. The van der Waals surface area contributed by atoms with Gasteiger partial charge >= 0.3 is 0 Å². The first kappa shape index (κ1) is 19.2. The zero-order chi connectivity index (χ0) is 19.2. The molecule has 0 saturated carbocycles. The van der Waals surface area contributed by atoms with Gasteiger partial charge in [-0.25, -0.2) is 0 Å². The summed E-state index contributed by atoms with van der Waals surface area (Å²) in [6.45, 7) is 5.15. The Morgan fingerprint density at radius 1 is 0.852 bits per heavy atom. The quantitative estimate of drug-likeness (QED) is 0.572. The molecule has 0 fully saturated rings. The van der Waals surface area contributed by atoms with Crippen LogP contribution in [-0.2, 0) is 6.54 Å². The van der Waals surface area contributed by atoms with Crippen LogP contribution in [0.15, 0.2) is 72.8 Å². The Labute approximate surface area is 165 Å². The van der Waals surface area contributed by atoms with Crippen molar-refractivity contribution < 1.29 is 4.79 Å². The second kappa shape index (κ2) is 8.85. The van der Waals surface area contributed by atoms with Crippen LogP contribution in [0.25, 0.3) is 11.1 Å². The van der Waals surface area contributed by atoms with E-state index >= 15 is 0 Å². The van der Waals surface area contributed by atoms with Gasteiger partial charge < -0.3 is 10.6 Å². The molecule has 27 heavy (non-hydrogen) atoms. The van der Waals surface area contributed by atoms with E-state index in [9.17, 15) is 4.79 Å². The molecule has 3 aromatic rings. The van der Waals surface area contributed by atoms with Gasteiger partial charge in [-0.2, -0.15) is 0 Å². The van der Waals surface area contributed by atoms with Crippen molar-refractivity contribution in [3.8, 4) is 11.1 Å².